The maximum absolute atomic E-state index is 13.1. The fraction of sp³-hybridized carbons (Fsp3) is 0.0769. The van der Waals surface area contributed by atoms with Gasteiger partial charge in [0.2, 0.25) is 0 Å². The largest absolute Gasteiger partial charge is 0.206 e. The van der Waals surface area contributed by atoms with Gasteiger partial charge < -0.3 is 0 Å². The lowest BCUT2D eigenvalue weighted by atomic mass is 10.0. The van der Waals surface area contributed by atoms with Crippen molar-refractivity contribution in [3.05, 3.63) is 68.4 Å². The third kappa shape index (κ3) is 3.09. The van der Waals surface area contributed by atoms with E-state index in [1.54, 1.807) is 12.1 Å². The molecule has 0 nitrogen and oxygen atoms in total. The molecule has 17 heavy (non-hydrogen) atoms. The van der Waals surface area contributed by atoms with Gasteiger partial charge in [0.1, 0.15) is 5.82 Å². The summed E-state index contributed by atoms with van der Waals surface area (Å²) in [4.78, 5) is 0. The Labute approximate surface area is 121 Å². The molecule has 2 aromatic carbocycles. The van der Waals surface area contributed by atoms with Gasteiger partial charge in [-0.15, -0.1) is 11.6 Å². The van der Waals surface area contributed by atoms with Gasteiger partial charge in [-0.05, 0) is 51.3 Å². The molecule has 2 aromatic rings. The zero-order valence-electron chi connectivity index (χ0n) is 8.63. The highest BCUT2D eigenvalue weighted by Crippen LogP contribution is 2.32. The number of hydrogen-bond donors (Lipinski definition) is 0. The SMILES string of the molecule is Fc1ccc(C(Cl)c2cccc(Br)c2)cc1Br. The summed E-state index contributed by atoms with van der Waals surface area (Å²) >= 11 is 12.9. The lowest BCUT2D eigenvalue weighted by Gasteiger charge is -2.11. The Bertz CT molecular complexity index is 543. The molecular weight excluding hydrogens is 370 g/mol. The average Bonchev–Trinajstić information content (AvgIpc) is 2.32. The van der Waals surface area contributed by atoms with Gasteiger partial charge in [0.05, 0.1) is 9.85 Å². The van der Waals surface area contributed by atoms with E-state index in [0.29, 0.717) is 4.47 Å². The minimum Gasteiger partial charge on any atom is -0.206 e. The van der Waals surface area contributed by atoms with E-state index < -0.39 is 0 Å². The molecule has 0 heterocycles. The number of halogens is 4. The van der Waals surface area contributed by atoms with Gasteiger partial charge in [-0.1, -0.05) is 34.1 Å². The third-order valence-electron chi connectivity index (χ3n) is 2.38. The molecule has 2 rings (SSSR count). The number of alkyl halides is 1. The zero-order valence-corrected chi connectivity index (χ0v) is 12.6. The fourth-order valence-electron chi connectivity index (χ4n) is 1.53. The van der Waals surface area contributed by atoms with Crippen LogP contribution < -0.4 is 0 Å². The maximum atomic E-state index is 13.1. The van der Waals surface area contributed by atoms with Crippen molar-refractivity contribution in [2.45, 2.75) is 5.38 Å². The standard InChI is InChI=1S/C13H8Br2ClF/c14-10-3-1-2-8(6-10)13(16)9-4-5-12(17)11(15)7-9/h1-7,13H. The van der Waals surface area contributed by atoms with Crippen LogP contribution in [-0.2, 0) is 0 Å². The number of rotatable bonds is 2. The first-order chi connectivity index (χ1) is 8.08. The van der Waals surface area contributed by atoms with E-state index in [1.807, 2.05) is 24.3 Å². The molecule has 0 amide bonds. The molecule has 1 unspecified atom stereocenters. The molecule has 0 spiro atoms. The topological polar surface area (TPSA) is 0 Å². The van der Waals surface area contributed by atoms with E-state index in [0.717, 1.165) is 15.6 Å². The number of benzene rings is 2. The highest BCUT2D eigenvalue weighted by molar-refractivity contribution is 9.10. The van der Waals surface area contributed by atoms with Crippen molar-refractivity contribution >= 4 is 43.5 Å². The van der Waals surface area contributed by atoms with Crippen LogP contribution in [0.3, 0.4) is 0 Å². The molecule has 4 heteroatoms. The number of hydrogen-bond acceptors (Lipinski definition) is 0. The summed E-state index contributed by atoms with van der Waals surface area (Å²) in [6, 6.07) is 12.6. The van der Waals surface area contributed by atoms with Crippen molar-refractivity contribution in [1.29, 1.82) is 0 Å². The molecule has 0 aromatic heterocycles. The molecule has 1 atom stereocenters. The fourth-order valence-corrected chi connectivity index (χ4v) is 2.61. The van der Waals surface area contributed by atoms with Gasteiger partial charge >= 0.3 is 0 Å². The predicted octanol–water partition coefficient (Wildman–Crippen LogP) is 5.68. The van der Waals surface area contributed by atoms with Crippen LogP contribution in [0.2, 0.25) is 0 Å². The van der Waals surface area contributed by atoms with Crippen molar-refractivity contribution in [2.24, 2.45) is 0 Å². The lowest BCUT2D eigenvalue weighted by Crippen LogP contribution is -1.94. The van der Waals surface area contributed by atoms with E-state index in [9.17, 15) is 4.39 Å². The van der Waals surface area contributed by atoms with E-state index in [2.05, 4.69) is 31.9 Å². The first kappa shape index (κ1) is 13.1. The van der Waals surface area contributed by atoms with Gasteiger partial charge in [-0.25, -0.2) is 4.39 Å². The lowest BCUT2D eigenvalue weighted by molar-refractivity contribution is 0.620. The van der Waals surface area contributed by atoms with Crippen molar-refractivity contribution in [1.82, 2.24) is 0 Å². The minimum absolute atomic E-state index is 0.285. The van der Waals surface area contributed by atoms with Crippen LogP contribution >= 0.6 is 43.5 Å². The Morgan fingerprint density at radius 1 is 1.00 bits per heavy atom. The average molecular weight is 378 g/mol. The Morgan fingerprint density at radius 2 is 1.71 bits per heavy atom. The quantitative estimate of drug-likeness (QED) is 0.590. The van der Waals surface area contributed by atoms with Crippen LogP contribution in [0.1, 0.15) is 16.5 Å². The monoisotopic (exact) mass is 376 g/mol. The summed E-state index contributed by atoms with van der Waals surface area (Å²) in [6.45, 7) is 0. The first-order valence-electron chi connectivity index (χ1n) is 4.92. The van der Waals surface area contributed by atoms with E-state index in [-0.39, 0.29) is 11.2 Å². The zero-order chi connectivity index (χ0) is 12.4. The molecule has 0 fully saturated rings. The highest BCUT2D eigenvalue weighted by atomic mass is 79.9. The van der Waals surface area contributed by atoms with Gasteiger partial charge in [0, 0.05) is 4.47 Å². The minimum atomic E-state index is -0.288. The molecule has 0 aliphatic heterocycles. The Kier molecular flexibility index (Phi) is 4.23. The summed E-state index contributed by atoms with van der Waals surface area (Å²) in [5, 5.41) is -0.288. The van der Waals surface area contributed by atoms with E-state index in [4.69, 9.17) is 11.6 Å². The van der Waals surface area contributed by atoms with E-state index in [1.165, 1.54) is 6.07 Å². The second-order valence-electron chi connectivity index (χ2n) is 3.59. The third-order valence-corrected chi connectivity index (χ3v) is 3.98. The maximum Gasteiger partial charge on any atom is 0.137 e. The molecule has 0 aliphatic rings. The molecule has 0 aliphatic carbocycles. The second-order valence-corrected chi connectivity index (χ2v) is 5.80. The summed E-state index contributed by atoms with van der Waals surface area (Å²) in [5.74, 6) is -0.285. The van der Waals surface area contributed by atoms with Crippen molar-refractivity contribution in [2.75, 3.05) is 0 Å². The van der Waals surface area contributed by atoms with E-state index >= 15 is 0 Å². The molecule has 0 radical (unpaired) electrons. The van der Waals surface area contributed by atoms with Gasteiger partial charge in [-0.3, -0.25) is 0 Å². The Balaban J connectivity index is 2.36. The van der Waals surface area contributed by atoms with Crippen LogP contribution in [0.25, 0.3) is 0 Å². The van der Waals surface area contributed by atoms with Gasteiger partial charge in [0.25, 0.3) is 0 Å². The molecule has 0 bridgehead atoms. The summed E-state index contributed by atoms with van der Waals surface area (Å²) < 4.78 is 14.5. The van der Waals surface area contributed by atoms with Crippen LogP contribution in [0.15, 0.2) is 51.4 Å². The van der Waals surface area contributed by atoms with Gasteiger partial charge in [0.15, 0.2) is 0 Å². The van der Waals surface area contributed by atoms with Crippen molar-refractivity contribution < 1.29 is 4.39 Å². The van der Waals surface area contributed by atoms with Crippen LogP contribution in [0.5, 0.6) is 0 Å². The van der Waals surface area contributed by atoms with Crippen molar-refractivity contribution in [3.8, 4) is 0 Å². The molecular formula is C13H8Br2ClF. The normalized spacial score (nSPS) is 12.5. The summed E-state index contributed by atoms with van der Waals surface area (Å²) in [6.07, 6.45) is 0. The highest BCUT2D eigenvalue weighted by Gasteiger charge is 2.12. The summed E-state index contributed by atoms with van der Waals surface area (Å²) in [7, 11) is 0. The summed E-state index contributed by atoms with van der Waals surface area (Å²) in [5.41, 5.74) is 1.83. The first-order valence-corrected chi connectivity index (χ1v) is 6.94. The molecule has 88 valence electrons. The van der Waals surface area contributed by atoms with Crippen molar-refractivity contribution in [3.63, 3.8) is 0 Å². The van der Waals surface area contributed by atoms with Gasteiger partial charge in [-0.2, -0.15) is 0 Å². The molecule has 0 N–H and O–H groups in total. The van der Waals surface area contributed by atoms with Crippen LogP contribution in [-0.4, -0.2) is 0 Å². The van der Waals surface area contributed by atoms with Crippen LogP contribution in [0, 0.1) is 5.82 Å². The Hall–Kier alpha value is -0.380. The van der Waals surface area contributed by atoms with Crippen LogP contribution in [0.4, 0.5) is 4.39 Å². The predicted molar refractivity (Wildman–Crippen MR) is 75.9 cm³/mol. The molecule has 0 saturated heterocycles. The Morgan fingerprint density at radius 3 is 2.35 bits per heavy atom. The molecule has 0 saturated carbocycles. The smallest absolute Gasteiger partial charge is 0.137 e. The second kappa shape index (κ2) is 5.51.